The van der Waals surface area contributed by atoms with Crippen LogP contribution < -0.4 is 0 Å². The van der Waals surface area contributed by atoms with Gasteiger partial charge in [0.2, 0.25) is 5.76 Å². The standard InChI is InChI=1S/C16H26N4O3/c1-13-11-15(23-17-13)16(21)20-5-3-19(4-6-20)14(2)12-18-7-9-22-10-8-18/h11,14H,3-10,12H2,1-2H3/t14-/m1/s1. The number of hydrogen-bond donors (Lipinski definition) is 0. The molecule has 0 unspecified atom stereocenters. The van der Waals surface area contributed by atoms with E-state index in [0.29, 0.717) is 11.8 Å². The van der Waals surface area contributed by atoms with Gasteiger partial charge in [-0.05, 0) is 13.8 Å². The third kappa shape index (κ3) is 4.10. The maximum Gasteiger partial charge on any atom is 0.292 e. The lowest BCUT2D eigenvalue weighted by Crippen LogP contribution is -2.54. The Morgan fingerprint density at radius 1 is 1.22 bits per heavy atom. The molecule has 1 aromatic heterocycles. The summed E-state index contributed by atoms with van der Waals surface area (Å²) in [5, 5.41) is 3.79. The minimum absolute atomic E-state index is 0.0499. The summed E-state index contributed by atoms with van der Waals surface area (Å²) in [5.74, 6) is 0.295. The zero-order chi connectivity index (χ0) is 16.2. The van der Waals surface area contributed by atoms with Crippen LogP contribution in [0.4, 0.5) is 0 Å². The van der Waals surface area contributed by atoms with Crippen molar-refractivity contribution in [3.8, 4) is 0 Å². The SMILES string of the molecule is Cc1cc(C(=O)N2CCN([C@H](C)CN3CCOCC3)CC2)on1. The van der Waals surface area contributed by atoms with Crippen molar-refractivity contribution in [1.82, 2.24) is 19.9 Å². The number of morpholine rings is 1. The zero-order valence-corrected chi connectivity index (χ0v) is 14.0. The average molecular weight is 322 g/mol. The van der Waals surface area contributed by atoms with Crippen molar-refractivity contribution in [3.63, 3.8) is 0 Å². The fourth-order valence-electron chi connectivity index (χ4n) is 3.26. The van der Waals surface area contributed by atoms with Crippen molar-refractivity contribution >= 4 is 5.91 Å². The second-order valence-corrected chi connectivity index (χ2v) is 6.42. The molecule has 128 valence electrons. The highest BCUT2D eigenvalue weighted by Crippen LogP contribution is 2.12. The number of ether oxygens (including phenoxy) is 1. The maximum atomic E-state index is 12.4. The van der Waals surface area contributed by atoms with Crippen LogP contribution in [0, 0.1) is 6.92 Å². The molecule has 0 radical (unpaired) electrons. The lowest BCUT2D eigenvalue weighted by molar-refractivity contribution is 0.0169. The van der Waals surface area contributed by atoms with Crippen molar-refractivity contribution in [2.24, 2.45) is 0 Å². The molecular weight excluding hydrogens is 296 g/mol. The van der Waals surface area contributed by atoms with Crippen molar-refractivity contribution in [3.05, 3.63) is 17.5 Å². The molecule has 1 atom stereocenters. The normalized spacial score (nSPS) is 22.3. The van der Waals surface area contributed by atoms with Gasteiger partial charge in [-0.1, -0.05) is 5.16 Å². The summed E-state index contributed by atoms with van der Waals surface area (Å²) in [6, 6.07) is 2.20. The predicted molar refractivity (Wildman–Crippen MR) is 85.4 cm³/mol. The minimum Gasteiger partial charge on any atom is -0.379 e. The van der Waals surface area contributed by atoms with Gasteiger partial charge in [0.05, 0.1) is 18.9 Å². The Labute approximate surface area is 137 Å². The monoisotopic (exact) mass is 322 g/mol. The molecule has 0 bridgehead atoms. The lowest BCUT2D eigenvalue weighted by atomic mass is 10.2. The molecular formula is C16H26N4O3. The molecule has 0 aromatic carbocycles. The van der Waals surface area contributed by atoms with E-state index >= 15 is 0 Å². The van der Waals surface area contributed by atoms with Crippen LogP contribution in [-0.2, 0) is 4.74 Å². The molecule has 2 aliphatic rings. The van der Waals surface area contributed by atoms with Gasteiger partial charge in [0.25, 0.3) is 5.91 Å². The van der Waals surface area contributed by atoms with Gasteiger partial charge in [-0.2, -0.15) is 0 Å². The number of carbonyl (C=O) groups is 1. The van der Waals surface area contributed by atoms with E-state index in [4.69, 9.17) is 9.26 Å². The zero-order valence-electron chi connectivity index (χ0n) is 14.0. The molecule has 2 aliphatic heterocycles. The van der Waals surface area contributed by atoms with E-state index in [0.717, 1.165) is 64.7 Å². The van der Waals surface area contributed by atoms with E-state index < -0.39 is 0 Å². The molecule has 3 rings (SSSR count). The topological polar surface area (TPSA) is 62.1 Å². The first kappa shape index (κ1) is 16.4. The van der Waals surface area contributed by atoms with Gasteiger partial charge in [0.15, 0.2) is 0 Å². The largest absolute Gasteiger partial charge is 0.379 e. The fourth-order valence-corrected chi connectivity index (χ4v) is 3.26. The predicted octanol–water partition coefficient (Wildman–Crippen LogP) is 0.462. The highest BCUT2D eigenvalue weighted by atomic mass is 16.5. The van der Waals surface area contributed by atoms with Crippen LogP contribution in [0.5, 0.6) is 0 Å². The second kappa shape index (κ2) is 7.42. The number of rotatable bonds is 4. The van der Waals surface area contributed by atoms with E-state index in [1.165, 1.54) is 0 Å². The van der Waals surface area contributed by atoms with E-state index in [1.807, 2.05) is 11.8 Å². The van der Waals surface area contributed by atoms with Crippen LogP contribution in [0.25, 0.3) is 0 Å². The highest BCUT2D eigenvalue weighted by molar-refractivity contribution is 5.91. The number of piperazine rings is 1. The first-order chi connectivity index (χ1) is 11.1. The van der Waals surface area contributed by atoms with Crippen LogP contribution in [0.3, 0.4) is 0 Å². The van der Waals surface area contributed by atoms with Crippen LogP contribution >= 0.6 is 0 Å². The highest BCUT2D eigenvalue weighted by Gasteiger charge is 2.27. The van der Waals surface area contributed by atoms with Gasteiger partial charge in [-0.25, -0.2) is 0 Å². The average Bonchev–Trinajstić information content (AvgIpc) is 3.02. The summed E-state index contributed by atoms with van der Waals surface area (Å²) in [6.07, 6.45) is 0. The van der Waals surface area contributed by atoms with Crippen molar-refractivity contribution < 1.29 is 14.1 Å². The smallest absolute Gasteiger partial charge is 0.292 e. The summed E-state index contributed by atoms with van der Waals surface area (Å²) >= 11 is 0. The molecule has 0 N–H and O–H groups in total. The molecule has 23 heavy (non-hydrogen) atoms. The number of nitrogens with zero attached hydrogens (tertiary/aromatic N) is 4. The Morgan fingerprint density at radius 2 is 1.91 bits per heavy atom. The molecule has 0 spiro atoms. The summed E-state index contributed by atoms with van der Waals surface area (Å²) in [5.41, 5.74) is 0.742. The summed E-state index contributed by atoms with van der Waals surface area (Å²) < 4.78 is 10.5. The number of aryl methyl sites for hydroxylation is 1. The van der Waals surface area contributed by atoms with Crippen molar-refractivity contribution in [2.75, 3.05) is 59.0 Å². The van der Waals surface area contributed by atoms with E-state index in [1.54, 1.807) is 6.07 Å². The van der Waals surface area contributed by atoms with Gasteiger partial charge in [0, 0.05) is 57.9 Å². The van der Waals surface area contributed by atoms with Crippen molar-refractivity contribution in [1.29, 1.82) is 0 Å². The second-order valence-electron chi connectivity index (χ2n) is 6.42. The van der Waals surface area contributed by atoms with E-state index in [2.05, 4.69) is 21.9 Å². The van der Waals surface area contributed by atoms with Crippen molar-refractivity contribution in [2.45, 2.75) is 19.9 Å². The van der Waals surface area contributed by atoms with Gasteiger partial charge >= 0.3 is 0 Å². The summed E-state index contributed by atoms with van der Waals surface area (Å²) in [6.45, 7) is 12.2. The third-order valence-corrected chi connectivity index (χ3v) is 4.69. The van der Waals surface area contributed by atoms with E-state index in [-0.39, 0.29) is 5.91 Å². The van der Waals surface area contributed by atoms with Gasteiger partial charge in [0.1, 0.15) is 0 Å². The molecule has 0 saturated carbocycles. The van der Waals surface area contributed by atoms with Crippen LogP contribution in [0.1, 0.15) is 23.2 Å². The summed E-state index contributed by atoms with van der Waals surface area (Å²) in [7, 11) is 0. The fraction of sp³-hybridized carbons (Fsp3) is 0.750. The maximum absolute atomic E-state index is 12.4. The molecule has 2 saturated heterocycles. The van der Waals surface area contributed by atoms with Crippen LogP contribution in [0.2, 0.25) is 0 Å². The Hall–Kier alpha value is -1.44. The van der Waals surface area contributed by atoms with E-state index in [9.17, 15) is 4.79 Å². The third-order valence-electron chi connectivity index (χ3n) is 4.69. The lowest BCUT2D eigenvalue weighted by Gasteiger charge is -2.40. The molecule has 0 aliphatic carbocycles. The number of aromatic nitrogens is 1. The molecule has 3 heterocycles. The van der Waals surface area contributed by atoms with Crippen LogP contribution in [0.15, 0.2) is 10.6 Å². The Bertz CT molecular complexity index is 519. The number of carbonyl (C=O) groups excluding carboxylic acids is 1. The summed E-state index contributed by atoms with van der Waals surface area (Å²) in [4.78, 5) is 19.1. The van der Waals surface area contributed by atoms with Crippen LogP contribution in [-0.4, -0.2) is 90.8 Å². The number of amides is 1. The molecule has 1 amide bonds. The van der Waals surface area contributed by atoms with Gasteiger partial charge in [-0.3, -0.25) is 14.6 Å². The first-order valence-corrected chi connectivity index (χ1v) is 8.40. The number of hydrogen-bond acceptors (Lipinski definition) is 6. The minimum atomic E-state index is -0.0499. The molecule has 7 nitrogen and oxygen atoms in total. The quantitative estimate of drug-likeness (QED) is 0.803. The molecule has 7 heteroatoms. The van der Waals surface area contributed by atoms with Gasteiger partial charge < -0.3 is 14.2 Å². The first-order valence-electron chi connectivity index (χ1n) is 8.40. The Kier molecular flexibility index (Phi) is 5.30. The molecule has 1 aromatic rings. The Balaban J connectivity index is 1.46. The van der Waals surface area contributed by atoms with Gasteiger partial charge in [-0.15, -0.1) is 0 Å². The Morgan fingerprint density at radius 3 is 2.52 bits per heavy atom. The molecule has 2 fully saturated rings.